The molecule has 1 amide bonds. The van der Waals surface area contributed by atoms with Crippen molar-refractivity contribution in [2.75, 3.05) is 7.05 Å². The summed E-state index contributed by atoms with van der Waals surface area (Å²) >= 11 is 6.18. The molecule has 0 radical (unpaired) electrons. The number of carbonyl (C=O) groups excluding carboxylic acids is 1. The molecule has 0 saturated carbocycles. The highest BCUT2D eigenvalue weighted by Crippen LogP contribution is 2.20. The van der Waals surface area contributed by atoms with Gasteiger partial charge in [0.1, 0.15) is 6.54 Å². The summed E-state index contributed by atoms with van der Waals surface area (Å²) in [7, 11) is 4.57. The Labute approximate surface area is 160 Å². The van der Waals surface area contributed by atoms with Crippen molar-refractivity contribution in [2.24, 2.45) is 14.1 Å². The van der Waals surface area contributed by atoms with Gasteiger partial charge in [-0.05, 0) is 24.1 Å². The van der Waals surface area contributed by atoms with E-state index in [2.05, 4.69) is 4.98 Å². The Kier molecular flexibility index (Phi) is 4.93. The number of aryl methyl sites for hydroxylation is 1. The molecule has 2 aromatic heterocycles. The predicted molar refractivity (Wildman–Crippen MR) is 103 cm³/mol. The number of halogens is 1. The number of likely N-dealkylation sites (N-methyl/N-ethyl adjacent to an activating group) is 1. The molecule has 3 rings (SSSR count). The second-order valence-electron chi connectivity index (χ2n) is 6.44. The van der Waals surface area contributed by atoms with Crippen LogP contribution in [-0.4, -0.2) is 36.5 Å². The molecule has 9 heteroatoms. The molecule has 27 heavy (non-hydrogen) atoms. The van der Waals surface area contributed by atoms with Gasteiger partial charge in [-0.25, -0.2) is 4.79 Å². The van der Waals surface area contributed by atoms with Crippen LogP contribution in [0, 0.1) is 0 Å². The molecule has 0 spiro atoms. The summed E-state index contributed by atoms with van der Waals surface area (Å²) in [6.07, 6.45) is 0. The molecule has 2 heterocycles. The number of hydrogen-bond donors (Lipinski definition) is 0. The number of aromatic nitrogens is 4. The number of nitrogens with zero attached hydrogens (tertiary/aromatic N) is 5. The first kappa shape index (κ1) is 18.9. The lowest BCUT2D eigenvalue weighted by Crippen LogP contribution is -2.38. The molecule has 0 aliphatic heterocycles. The number of benzene rings is 1. The average molecular weight is 390 g/mol. The van der Waals surface area contributed by atoms with E-state index in [1.54, 1.807) is 11.9 Å². The van der Waals surface area contributed by atoms with Crippen molar-refractivity contribution in [3.05, 3.63) is 62.0 Å². The Balaban J connectivity index is 2.00. The Bertz CT molecular complexity index is 1130. The van der Waals surface area contributed by atoms with Crippen molar-refractivity contribution < 1.29 is 4.79 Å². The van der Waals surface area contributed by atoms with Crippen LogP contribution in [0.15, 0.2) is 39.9 Å². The number of amides is 1. The Morgan fingerprint density at radius 1 is 1.19 bits per heavy atom. The van der Waals surface area contributed by atoms with Crippen LogP contribution in [0.25, 0.3) is 11.2 Å². The van der Waals surface area contributed by atoms with Gasteiger partial charge in [0.2, 0.25) is 11.2 Å². The summed E-state index contributed by atoms with van der Waals surface area (Å²) < 4.78 is 3.55. The third-order valence-corrected chi connectivity index (χ3v) is 5.14. The first-order valence-corrected chi connectivity index (χ1v) is 8.74. The van der Waals surface area contributed by atoms with Crippen LogP contribution in [0.4, 0.5) is 0 Å². The second kappa shape index (κ2) is 7.03. The van der Waals surface area contributed by atoms with Crippen molar-refractivity contribution in [3.8, 4) is 0 Å². The predicted octanol–water partition coefficient (Wildman–Crippen LogP) is 1.31. The van der Waals surface area contributed by atoms with Crippen molar-refractivity contribution in [2.45, 2.75) is 19.5 Å². The summed E-state index contributed by atoms with van der Waals surface area (Å²) in [5.74, 6) is -0.233. The van der Waals surface area contributed by atoms with Crippen molar-refractivity contribution in [3.63, 3.8) is 0 Å². The maximum atomic E-state index is 12.8. The number of rotatable bonds is 4. The zero-order valence-electron chi connectivity index (χ0n) is 15.5. The zero-order chi connectivity index (χ0) is 19.9. The summed E-state index contributed by atoms with van der Waals surface area (Å²) in [6.45, 7) is 1.76. The van der Waals surface area contributed by atoms with Crippen LogP contribution in [0.3, 0.4) is 0 Å². The van der Waals surface area contributed by atoms with Crippen molar-refractivity contribution in [1.82, 2.24) is 23.6 Å². The maximum absolute atomic E-state index is 12.8. The first-order chi connectivity index (χ1) is 12.7. The standard InChI is InChI=1S/C18H20ClN5O3/c1-11(12-8-6-5-7-9-12)21(2)13(25)10-24-14-15(20-17(24)19)22(3)18(27)23(4)16(14)26/h5-9,11H,10H2,1-4H3/t11-/m1/s1. The molecule has 142 valence electrons. The van der Waals surface area contributed by atoms with Crippen molar-refractivity contribution in [1.29, 1.82) is 0 Å². The zero-order valence-corrected chi connectivity index (χ0v) is 16.3. The summed E-state index contributed by atoms with van der Waals surface area (Å²) in [4.78, 5) is 43.1. The van der Waals surface area contributed by atoms with Crippen LogP contribution in [0.1, 0.15) is 18.5 Å². The van der Waals surface area contributed by atoms with E-state index in [0.29, 0.717) is 0 Å². The fourth-order valence-corrected chi connectivity index (χ4v) is 3.21. The monoisotopic (exact) mass is 389 g/mol. The highest BCUT2D eigenvalue weighted by Gasteiger charge is 2.23. The van der Waals surface area contributed by atoms with Crippen LogP contribution in [0.2, 0.25) is 5.28 Å². The van der Waals surface area contributed by atoms with Gasteiger partial charge in [0, 0.05) is 21.1 Å². The normalized spacial score (nSPS) is 12.3. The van der Waals surface area contributed by atoms with E-state index in [4.69, 9.17) is 11.6 Å². The molecule has 0 bridgehead atoms. The smallest absolute Gasteiger partial charge is 0.332 e. The van der Waals surface area contributed by atoms with Gasteiger partial charge in [-0.3, -0.25) is 23.3 Å². The van der Waals surface area contributed by atoms with Gasteiger partial charge in [-0.15, -0.1) is 0 Å². The number of fused-ring (bicyclic) bond motifs is 1. The molecular weight excluding hydrogens is 370 g/mol. The minimum absolute atomic E-state index is 0.0163. The summed E-state index contributed by atoms with van der Waals surface area (Å²) in [5, 5.41) is -0.0163. The topological polar surface area (TPSA) is 82.1 Å². The summed E-state index contributed by atoms with van der Waals surface area (Å²) in [6, 6.07) is 9.47. The fourth-order valence-electron chi connectivity index (χ4n) is 2.98. The average Bonchev–Trinajstić information content (AvgIpc) is 3.00. The van der Waals surface area contributed by atoms with Crippen LogP contribution in [0.5, 0.6) is 0 Å². The third-order valence-electron chi connectivity index (χ3n) is 4.85. The fraction of sp³-hybridized carbons (Fsp3) is 0.333. The highest BCUT2D eigenvalue weighted by atomic mass is 35.5. The second-order valence-corrected chi connectivity index (χ2v) is 6.77. The minimum Gasteiger partial charge on any atom is -0.337 e. The lowest BCUT2D eigenvalue weighted by molar-refractivity contribution is -0.132. The number of carbonyl (C=O) groups is 1. The van der Waals surface area contributed by atoms with E-state index in [0.717, 1.165) is 10.1 Å². The number of imidazole rings is 1. The van der Waals surface area contributed by atoms with E-state index in [1.165, 1.54) is 23.2 Å². The molecule has 0 aliphatic carbocycles. The molecular formula is C18H20ClN5O3. The van der Waals surface area contributed by atoms with E-state index < -0.39 is 11.2 Å². The Morgan fingerprint density at radius 2 is 1.81 bits per heavy atom. The quantitative estimate of drug-likeness (QED) is 0.630. The van der Waals surface area contributed by atoms with Crippen LogP contribution >= 0.6 is 11.6 Å². The van der Waals surface area contributed by atoms with Gasteiger partial charge < -0.3 is 4.90 Å². The SMILES string of the molecule is C[C@H](c1ccccc1)N(C)C(=O)Cn1c(Cl)nc2c1c(=O)n(C)c(=O)n2C. The molecule has 0 aliphatic rings. The van der Waals surface area contributed by atoms with E-state index in [1.807, 2.05) is 37.3 Å². The summed E-state index contributed by atoms with van der Waals surface area (Å²) in [5.41, 5.74) is 0.223. The van der Waals surface area contributed by atoms with E-state index in [-0.39, 0.29) is 34.9 Å². The largest absolute Gasteiger partial charge is 0.337 e. The Hall–Kier alpha value is -2.87. The van der Waals surface area contributed by atoms with Crippen molar-refractivity contribution >= 4 is 28.7 Å². The highest BCUT2D eigenvalue weighted by molar-refractivity contribution is 6.29. The van der Waals surface area contributed by atoms with Crippen LogP contribution < -0.4 is 11.2 Å². The first-order valence-electron chi connectivity index (χ1n) is 8.36. The molecule has 1 aromatic carbocycles. The van der Waals surface area contributed by atoms with Gasteiger partial charge in [-0.1, -0.05) is 30.3 Å². The molecule has 0 fully saturated rings. The van der Waals surface area contributed by atoms with Gasteiger partial charge in [-0.2, -0.15) is 4.98 Å². The van der Waals surface area contributed by atoms with E-state index in [9.17, 15) is 14.4 Å². The molecule has 3 aromatic rings. The maximum Gasteiger partial charge on any atom is 0.332 e. The number of hydrogen-bond acceptors (Lipinski definition) is 4. The van der Waals surface area contributed by atoms with Gasteiger partial charge in [0.15, 0.2) is 11.2 Å². The molecule has 1 atom stereocenters. The molecule has 0 N–H and O–H groups in total. The van der Waals surface area contributed by atoms with E-state index >= 15 is 0 Å². The third kappa shape index (κ3) is 3.16. The molecule has 0 unspecified atom stereocenters. The van der Waals surface area contributed by atoms with Gasteiger partial charge in [0.05, 0.1) is 6.04 Å². The van der Waals surface area contributed by atoms with Gasteiger partial charge in [0.25, 0.3) is 5.56 Å². The molecule has 8 nitrogen and oxygen atoms in total. The Morgan fingerprint density at radius 3 is 2.44 bits per heavy atom. The van der Waals surface area contributed by atoms with Gasteiger partial charge >= 0.3 is 5.69 Å². The minimum atomic E-state index is -0.543. The molecule has 0 saturated heterocycles. The lowest BCUT2D eigenvalue weighted by atomic mass is 10.1. The van der Waals surface area contributed by atoms with Crippen LogP contribution in [-0.2, 0) is 25.4 Å². The lowest BCUT2D eigenvalue weighted by Gasteiger charge is -2.25.